The normalized spacial score (nSPS) is 11.3. The van der Waals surface area contributed by atoms with Gasteiger partial charge in [-0.05, 0) is 17.7 Å². The van der Waals surface area contributed by atoms with Gasteiger partial charge >= 0.3 is 0 Å². The van der Waals surface area contributed by atoms with Crippen molar-refractivity contribution in [3.63, 3.8) is 0 Å². The molecule has 0 saturated heterocycles. The molecule has 0 aliphatic rings. The van der Waals surface area contributed by atoms with Gasteiger partial charge in [-0.3, -0.25) is 0 Å². The summed E-state index contributed by atoms with van der Waals surface area (Å²) in [5.41, 5.74) is 0.889. The average molecular weight is 294 g/mol. The molecule has 0 fully saturated rings. The van der Waals surface area contributed by atoms with Crippen LogP contribution in [0.1, 0.15) is 5.56 Å². The molecule has 0 heterocycles. The monoisotopic (exact) mass is 293 g/mol. The molecule has 0 saturated carbocycles. The van der Waals surface area contributed by atoms with E-state index in [1.54, 1.807) is 19.2 Å². The summed E-state index contributed by atoms with van der Waals surface area (Å²) in [4.78, 5) is 0. The first kappa shape index (κ1) is 12.5. The topological polar surface area (TPSA) is 55.4 Å². The number of nitrogens with one attached hydrogen (secondary N) is 1. The fourth-order valence-corrected chi connectivity index (χ4v) is 1.92. The van der Waals surface area contributed by atoms with Crippen LogP contribution >= 0.6 is 15.9 Å². The zero-order valence-corrected chi connectivity index (χ0v) is 10.6. The second-order valence-electron chi connectivity index (χ2n) is 2.89. The molecule has 1 rings (SSSR count). The smallest absolute Gasteiger partial charge is 0.221 e. The van der Waals surface area contributed by atoms with Gasteiger partial charge in [-0.1, -0.05) is 28.1 Å². The van der Waals surface area contributed by atoms with Gasteiger partial charge < -0.3 is 4.74 Å². The van der Waals surface area contributed by atoms with Crippen LogP contribution in [0.3, 0.4) is 0 Å². The Morgan fingerprint density at radius 2 is 1.93 bits per heavy atom. The van der Waals surface area contributed by atoms with Crippen LogP contribution in [0, 0.1) is 0 Å². The molecule has 0 aliphatic carbocycles. The molecule has 1 aromatic carbocycles. The minimum atomic E-state index is -3.20. The minimum Gasteiger partial charge on any atom is -0.497 e. The van der Waals surface area contributed by atoms with Gasteiger partial charge in [0.1, 0.15) is 10.4 Å². The number of ether oxygens (including phenoxy) is 1. The molecule has 0 atom stereocenters. The highest BCUT2D eigenvalue weighted by Gasteiger charge is 2.06. The van der Waals surface area contributed by atoms with Crippen LogP contribution < -0.4 is 9.46 Å². The Labute approximate surface area is 97.8 Å². The Balaban J connectivity index is 2.59. The molecule has 6 heteroatoms. The Kier molecular flexibility index (Phi) is 4.56. The van der Waals surface area contributed by atoms with Gasteiger partial charge in [-0.25, -0.2) is 13.1 Å². The lowest BCUT2D eigenvalue weighted by molar-refractivity contribution is 0.414. The average Bonchev–Trinajstić information content (AvgIpc) is 2.27. The van der Waals surface area contributed by atoms with Crippen LogP contribution in [0.25, 0.3) is 0 Å². The summed E-state index contributed by atoms with van der Waals surface area (Å²) in [5, 5.41) is 0. The molecule has 0 amide bonds. The number of methoxy groups -OCH3 is 1. The lowest BCUT2D eigenvalue weighted by atomic mass is 10.2. The zero-order valence-electron chi connectivity index (χ0n) is 8.23. The summed E-state index contributed by atoms with van der Waals surface area (Å²) in [6, 6.07) is 7.21. The maximum absolute atomic E-state index is 11.1. The summed E-state index contributed by atoms with van der Waals surface area (Å²) >= 11 is 2.90. The van der Waals surface area contributed by atoms with Crippen LogP contribution in [0.4, 0.5) is 0 Å². The van der Waals surface area contributed by atoms with Crippen LogP contribution in [-0.4, -0.2) is 20.2 Å². The third kappa shape index (κ3) is 4.19. The maximum atomic E-state index is 11.1. The van der Waals surface area contributed by atoms with Gasteiger partial charge in [-0.15, -0.1) is 0 Å². The molecule has 0 bridgehead atoms. The Morgan fingerprint density at radius 3 is 2.40 bits per heavy atom. The van der Waals surface area contributed by atoms with Gasteiger partial charge in [0.2, 0.25) is 10.0 Å². The van der Waals surface area contributed by atoms with Gasteiger partial charge in [0.05, 0.1) is 7.11 Å². The third-order valence-electron chi connectivity index (χ3n) is 1.80. The van der Waals surface area contributed by atoms with Crippen molar-refractivity contribution in [2.75, 3.05) is 11.8 Å². The van der Waals surface area contributed by atoms with Gasteiger partial charge in [-0.2, -0.15) is 0 Å². The molecule has 0 aromatic heterocycles. The molecule has 1 N–H and O–H groups in total. The maximum Gasteiger partial charge on any atom is 0.221 e. The fourth-order valence-electron chi connectivity index (χ4n) is 0.975. The number of sulfonamides is 1. The van der Waals surface area contributed by atoms with Crippen LogP contribution in [0.5, 0.6) is 5.75 Å². The van der Waals surface area contributed by atoms with E-state index < -0.39 is 10.0 Å². The summed E-state index contributed by atoms with van der Waals surface area (Å²) in [6.07, 6.45) is 0. The van der Waals surface area contributed by atoms with Crippen LogP contribution in [-0.2, 0) is 16.6 Å². The molecule has 15 heavy (non-hydrogen) atoms. The molecular weight excluding hydrogens is 282 g/mol. The second kappa shape index (κ2) is 5.48. The summed E-state index contributed by atoms with van der Waals surface area (Å²) < 4.78 is 29.6. The number of hydrogen-bond acceptors (Lipinski definition) is 3. The molecule has 0 unspecified atom stereocenters. The van der Waals surface area contributed by atoms with Crippen molar-refractivity contribution in [2.24, 2.45) is 0 Å². The first-order valence-corrected chi connectivity index (χ1v) is 7.01. The largest absolute Gasteiger partial charge is 0.497 e. The molecule has 84 valence electrons. The lowest BCUT2D eigenvalue weighted by Gasteiger charge is -2.04. The summed E-state index contributed by atoms with van der Waals surface area (Å²) in [5.74, 6) is 0.752. The molecule has 0 spiro atoms. The van der Waals surface area contributed by atoms with Crippen molar-refractivity contribution in [3.8, 4) is 5.75 Å². The van der Waals surface area contributed by atoms with Crippen LogP contribution in [0.15, 0.2) is 24.3 Å². The number of halogens is 1. The van der Waals surface area contributed by atoms with E-state index in [2.05, 4.69) is 20.7 Å². The molecule has 0 aliphatic heterocycles. The molecule has 0 radical (unpaired) electrons. The zero-order chi connectivity index (χ0) is 11.3. The van der Waals surface area contributed by atoms with Crippen molar-refractivity contribution in [2.45, 2.75) is 6.54 Å². The first-order chi connectivity index (χ1) is 7.07. The Bertz CT molecular complexity index is 402. The quantitative estimate of drug-likeness (QED) is 0.837. The van der Waals surface area contributed by atoms with Gasteiger partial charge in [0.25, 0.3) is 0 Å². The van der Waals surface area contributed by atoms with Gasteiger partial charge in [0, 0.05) is 6.54 Å². The van der Waals surface area contributed by atoms with E-state index in [1.165, 1.54) is 0 Å². The number of benzene rings is 1. The predicted octanol–water partition coefficient (Wildman–Crippen LogP) is 1.47. The standard InChI is InChI=1S/C9H12BrNO3S/c1-14-9-4-2-8(3-5-9)6-11-15(12,13)7-10/h2-5,11H,6-7H2,1H3. The third-order valence-corrected chi connectivity index (χ3v) is 4.48. The first-order valence-electron chi connectivity index (χ1n) is 4.23. The SMILES string of the molecule is COc1ccc(CNS(=O)(=O)CBr)cc1. The Hall–Kier alpha value is -0.590. The number of alkyl halides is 1. The van der Waals surface area contributed by atoms with Crippen molar-refractivity contribution in [3.05, 3.63) is 29.8 Å². The summed E-state index contributed by atoms with van der Waals surface area (Å²) in [7, 11) is -1.61. The fraction of sp³-hybridized carbons (Fsp3) is 0.333. The highest BCUT2D eigenvalue weighted by Crippen LogP contribution is 2.11. The predicted molar refractivity (Wildman–Crippen MR) is 62.5 cm³/mol. The van der Waals surface area contributed by atoms with Gasteiger partial charge in [0.15, 0.2) is 0 Å². The van der Waals surface area contributed by atoms with E-state index in [4.69, 9.17) is 4.74 Å². The highest BCUT2D eigenvalue weighted by atomic mass is 79.9. The van der Waals surface area contributed by atoms with E-state index >= 15 is 0 Å². The number of rotatable bonds is 5. The van der Waals surface area contributed by atoms with Crippen molar-refractivity contribution >= 4 is 26.0 Å². The molecular formula is C9H12BrNO3S. The van der Waals surface area contributed by atoms with E-state index in [9.17, 15) is 8.42 Å². The van der Waals surface area contributed by atoms with Crippen LogP contribution in [0.2, 0.25) is 0 Å². The second-order valence-corrected chi connectivity index (χ2v) is 6.00. The lowest BCUT2D eigenvalue weighted by Crippen LogP contribution is -2.23. The van der Waals surface area contributed by atoms with Crippen molar-refractivity contribution < 1.29 is 13.2 Å². The van der Waals surface area contributed by atoms with E-state index in [-0.39, 0.29) is 11.2 Å². The van der Waals surface area contributed by atoms with E-state index in [0.29, 0.717) is 0 Å². The molecule has 4 nitrogen and oxygen atoms in total. The summed E-state index contributed by atoms with van der Waals surface area (Å²) in [6.45, 7) is 0.290. The van der Waals surface area contributed by atoms with Crippen molar-refractivity contribution in [1.29, 1.82) is 0 Å². The van der Waals surface area contributed by atoms with E-state index in [0.717, 1.165) is 11.3 Å². The number of hydrogen-bond donors (Lipinski definition) is 1. The minimum absolute atomic E-state index is 0.0871. The highest BCUT2D eigenvalue weighted by molar-refractivity contribution is 9.10. The Morgan fingerprint density at radius 1 is 1.33 bits per heavy atom. The van der Waals surface area contributed by atoms with E-state index in [1.807, 2.05) is 12.1 Å². The molecule has 1 aromatic rings. The van der Waals surface area contributed by atoms with Crippen molar-refractivity contribution in [1.82, 2.24) is 4.72 Å².